The van der Waals surface area contributed by atoms with Crippen molar-refractivity contribution in [3.63, 3.8) is 0 Å². The first kappa shape index (κ1) is 11.2. The third-order valence-corrected chi connectivity index (χ3v) is 2.98. The molecule has 84 valence electrons. The number of Topliss-reactive ketones (excluding diaryl/α,β-unsaturated/α-hetero) is 1. The standard InChI is InChI=1S/C12H11BrO3/c1-7(8(2)14)3-9-4-10(13)12-11(5-9)15-6-16-12/h3-5H,6H2,1-2H3/b7-3+. The van der Waals surface area contributed by atoms with Crippen LogP contribution in [0.15, 0.2) is 22.2 Å². The van der Waals surface area contributed by atoms with Gasteiger partial charge in [-0.3, -0.25) is 4.79 Å². The fourth-order valence-electron chi connectivity index (χ4n) is 1.42. The van der Waals surface area contributed by atoms with Gasteiger partial charge in [0.15, 0.2) is 17.3 Å². The van der Waals surface area contributed by atoms with Gasteiger partial charge >= 0.3 is 0 Å². The highest BCUT2D eigenvalue weighted by molar-refractivity contribution is 9.10. The number of hydrogen-bond acceptors (Lipinski definition) is 3. The highest BCUT2D eigenvalue weighted by Gasteiger charge is 2.17. The van der Waals surface area contributed by atoms with Crippen LogP contribution >= 0.6 is 15.9 Å². The largest absolute Gasteiger partial charge is 0.454 e. The summed E-state index contributed by atoms with van der Waals surface area (Å²) in [6.45, 7) is 3.58. The van der Waals surface area contributed by atoms with E-state index >= 15 is 0 Å². The molecule has 1 aromatic rings. The lowest BCUT2D eigenvalue weighted by Gasteiger charge is -2.02. The van der Waals surface area contributed by atoms with Gasteiger partial charge in [-0.25, -0.2) is 0 Å². The van der Waals surface area contributed by atoms with E-state index in [0.717, 1.165) is 15.8 Å². The summed E-state index contributed by atoms with van der Waals surface area (Å²) in [5, 5.41) is 0. The molecule has 0 radical (unpaired) electrons. The second-order valence-electron chi connectivity index (χ2n) is 3.62. The molecule has 0 N–H and O–H groups in total. The number of halogens is 1. The second kappa shape index (κ2) is 4.29. The van der Waals surface area contributed by atoms with Crippen molar-refractivity contribution in [1.82, 2.24) is 0 Å². The lowest BCUT2D eigenvalue weighted by Crippen LogP contribution is -1.93. The van der Waals surface area contributed by atoms with Gasteiger partial charge in [0.2, 0.25) is 6.79 Å². The first-order chi connectivity index (χ1) is 7.58. The first-order valence-corrected chi connectivity index (χ1v) is 5.65. The maximum atomic E-state index is 11.1. The van der Waals surface area contributed by atoms with Gasteiger partial charge in [-0.2, -0.15) is 0 Å². The molecule has 0 saturated heterocycles. The van der Waals surface area contributed by atoms with Crippen LogP contribution in [0.4, 0.5) is 0 Å². The molecular weight excluding hydrogens is 272 g/mol. The molecule has 0 bridgehead atoms. The molecule has 4 heteroatoms. The third kappa shape index (κ3) is 2.11. The van der Waals surface area contributed by atoms with E-state index in [9.17, 15) is 4.79 Å². The molecule has 3 nitrogen and oxygen atoms in total. The Bertz CT molecular complexity index is 477. The molecule has 0 spiro atoms. The zero-order valence-electron chi connectivity index (χ0n) is 9.04. The third-order valence-electron chi connectivity index (χ3n) is 2.39. The number of ketones is 1. The maximum absolute atomic E-state index is 11.1. The topological polar surface area (TPSA) is 35.5 Å². The summed E-state index contributed by atoms with van der Waals surface area (Å²) in [6.07, 6.45) is 1.83. The monoisotopic (exact) mass is 282 g/mol. The zero-order chi connectivity index (χ0) is 11.7. The fraction of sp³-hybridized carbons (Fsp3) is 0.250. The van der Waals surface area contributed by atoms with Crippen molar-refractivity contribution in [2.75, 3.05) is 6.79 Å². The molecular formula is C12H11BrO3. The Morgan fingerprint density at radius 3 is 2.81 bits per heavy atom. The van der Waals surface area contributed by atoms with Crippen LogP contribution in [-0.4, -0.2) is 12.6 Å². The predicted octanol–water partition coefficient (Wildman–Crippen LogP) is 3.17. The van der Waals surface area contributed by atoms with Crippen LogP contribution in [0.2, 0.25) is 0 Å². The average Bonchev–Trinajstić information content (AvgIpc) is 2.65. The molecule has 0 aliphatic carbocycles. The highest BCUT2D eigenvalue weighted by Crippen LogP contribution is 2.40. The quantitative estimate of drug-likeness (QED) is 0.782. The summed E-state index contributed by atoms with van der Waals surface area (Å²) in [4.78, 5) is 11.1. The van der Waals surface area contributed by atoms with Crippen LogP contribution in [-0.2, 0) is 4.79 Å². The van der Waals surface area contributed by atoms with E-state index in [-0.39, 0.29) is 12.6 Å². The predicted molar refractivity (Wildman–Crippen MR) is 64.6 cm³/mol. The zero-order valence-corrected chi connectivity index (χ0v) is 10.6. The Balaban J connectivity index is 2.41. The summed E-state index contributed by atoms with van der Waals surface area (Å²) in [5.74, 6) is 1.49. The Labute approximate surface area is 102 Å². The number of fused-ring (bicyclic) bond motifs is 1. The average molecular weight is 283 g/mol. The number of rotatable bonds is 2. The molecule has 0 atom stereocenters. The normalized spacial score (nSPS) is 14.1. The van der Waals surface area contributed by atoms with E-state index < -0.39 is 0 Å². The molecule has 1 heterocycles. The van der Waals surface area contributed by atoms with Crippen LogP contribution in [0.5, 0.6) is 11.5 Å². The van der Waals surface area contributed by atoms with Crippen molar-refractivity contribution in [3.8, 4) is 11.5 Å². The van der Waals surface area contributed by atoms with Crippen LogP contribution in [0.25, 0.3) is 6.08 Å². The van der Waals surface area contributed by atoms with E-state index in [1.807, 2.05) is 18.2 Å². The minimum Gasteiger partial charge on any atom is -0.454 e. The molecule has 2 rings (SSSR count). The van der Waals surface area contributed by atoms with Gasteiger partial charge in [0.1, 0.15) is 0 Å². The van der Waals surface area contributed by atoms with Crippen molar-refractivity contribution >= 4 is 27.8 Å². The second-order valence-corrected chi connectivity index (χ2v) is 4.47. The molecule has 0 amide bonds. The lowest BCUT2D eigenvalue weighted by atomic mass is 10.1. The van der Waals surface area contributed by atoms with Crippen LogP contribution in [0.1, 0.15) is 19.4 Å². The van der Waals surface area contributed by atoms with Gasteiger partial charge in [0.05, 0.1) is 4.47 Å². The SMILES string of the molecule is CC(=O)/C(C)=C/c1cc(Br)c2c(c1)OCO2. The minimum atomic E-state index is 0.0637. The Morgan fingerprint density at radius 1 is 1.38 bits per heavy atom. The summed E-state index contributed by atoms with van der Waals surface area (Å²) in [7, 11) is 0. The number of allylic oxidation sites excluding steroid dienone is 1. The molecule has 1 aromatic carbocycles. The number of carbonyl (C=O) groups excluding carboxylic acids is 1. The van der Waals surface area contributed by atoms with Gasteiger partial charge < -0.3 is 9.47 Å². The smallest absolute Gasteiger partial charge is 0.231 e. The lowest BCUT2D eigenvalue weighted by molar-refractivity contribution is -0.113. The Morgan fingerprint density at radius 2 is 2.12 bits per heavy atom. The summed E-state index contributed by atoms with van der Waals surface area (Å²) < 4.78 is 11.4. The number of ether oxygens (including phenoxy) is 2. The van der Waals surface area contributed by atoms with E-state index in [0.29, 0.717) is 11.3 Å². The summed E-state index contributed by atoms with van der Waals surface area (Å²) in [6, 6.07) is 3.76. The number of hydrogen-bond donors (Lipinski definition) is 0. The van der Waals surface area contributed by atoms with Gasteiger partial charge in [0.25, 0.3) is 0 Å². The van der Waals surface area contributed by atoms with Crippen LogP contribution < -0.4 is 9.47 Å². The van der Waals surface area contributed by atoms with Crippen molar-refractivity contribution in [2.24, 2.45) is 0 Å². The van der Waals surface area contributed by atoms with Gasteiger partial charge in [0, 0.05) is 0 Å². The Kier molecular flexibility index (Phi) is 3.01. The summed E-state index contributed by atoms with van der Waals surface area (Å²) >= 11 is 3.41. The highest BCUT2D eigenvalue weighted by atomic mass is 79.9. The minimum absolute atomic E-state index is 0.0637. The van der Waals surface area contributed by atoms with Gasteiger partial charge in [-0.1, -0.05) is 0 Å². The van der Waals surface area contributed by atoms with Crippen LogP contribution in [0, 0.1) is 0 Å². The van der Waals surface area contributed by atoms with Crippen molar-refractivity contribution in [3.05, 3.63) is 27.7 Å². The summed E-state index contributed by atoms with van der Waals surface area (Å²) in [5.41, 5.74) is 1.63. The van der Waals surface area contributed by atoms with Crippen molar-refractivity contribution in [2.45, 2.75) is 13.8 Å². The number of benzene rings is 1. The van der Waals surface area contributed by atoms with Crippen molar-refractivity contribution in [1.29, 1.82) is 0 Å². The molecule has 16 heavy (non-hydrogen) atoms. The molecule has 0 fully saturated rings. The number of carbonyl (C=O) groups is 1. The fourth-order valence-corrected chi connectivity index (χ4v) is 2.00. The van der Waals surface area contributed by atoms with E-state index in [1.54, 1.807) is 13.8 Å². The molecule has 1 aliphatic rings. The van der Waals surface area contributed by atoms with Gasteiger partial charge in [-0.15, -0.1) is 0 Å². The molecule has 1 aliphatic heterocycles. The van der Waals surface area contributed by atoms with E-state index in [2.05, 4.69) is 15.9 Å². The first-order valence-electron chi connectivity index (χ1n) is 4.86. The van der Waals surface area contributed by atoms with Gasteiger partial charge in [-0.05, 0) is 59.1 Å². The molecule has 0 saturated carbocycles. The molecule has 0 aromatic heterocycles. The van der Waals surface area contributed by atoms with Crippen LogP contribution in [0.3, 0.4) is 0 Å². The molecule has 0 unspecified atom stereocenters. The Hall–Kier alpha value is -1.29. The maximum Gasteiger partial charge on any atom is 0.231 e. The van der Waals surface area contributed by atoms with Crippen molar-refractivity contribution < 1.29 is 14.3 Å². The van der Waals surface area contributed by atoms with E-state index in [4.69, 9.17) is 9.47 Å². The van der Waals surface area contributed by atoms with E-state index in [1.165, 1.54) is 0 Å².